The van der Waals surface area contributed by atoms with Crippen LogP contribution >= 0.6 is 0 Å². The highest BCUT2D eigenvalue weighted by molar-refractivity contribution is 5.45. The van der Waals surface area contributed by atoms with Gasteiger partial charge in [-0.1, -0.05) is 37.6 Å². The van der Waals surface area contributed by atoms with Crippen molar-refractivity contribution in [3.63, 3.8) is 0 Å². The topological polar surface area (TPSA) is 0 Å². The molecule has 132 valence electrons. The Morgan fingerprint density at radius 1 is 1.12 bits per heavy atom. The third kappa shape index (κ3) is 4.75. The first-order valence-electron chi connectivity index (χ1n) is 8.90. The minimum absolute atomic E-state index is 0.411. The third-order valence-electron chi connectivity index (χ3n) is 5.36. The lowest BCUT2D eigenvalue weighted by molar-refractivity contribution is 0.291. The molecule has 2 aliphatic rings. The van der Waals surface area contributed by atoms with Crippen molar-refractivity contribution < 1.29 is 13.2 Å². The smallest absolute Gasteiger partial charge is 0.189 e. The molecule has 0 aliphatic heterocycles. The monoisotopic (exact) mass is 336 g/mol. The lowest BCUT2D eigenvalue weighted by Gasteiger charge is -2.31. The van der Waals surface area contributed by atoms with Crippen molar-refractivity contribution in [2.24, 2.45) is 11.8 Å². The van der Waals surface area contributed by atoms with E-state index in [4.69, 9.17) is 0 Å². The maximum absolute atomic E-state index is 13.6. The number of allylic oxidation sites excluding steroid dienone is 9. The zero-order chi connectivity index (χ0) is 17.7. The summed E-state index contributed by atoms with van der Waals surface area (Å²) in [6, 6.07) is 0. The van der Waals surface area contributed by atoms with Crippen molar-refractivity contribution >= 4 is 0 Å². The van der Waals surface area contributed by atoms with E-state index in [0.717, 1.165) is 37.3 Å². The van der Waals surface area contributed by atoms with E-state index in [1.807, 2.05) is 6.08 Å². The zero-order valence-corrected chi connectivity index (χ0v) is 14.7. The van der Waals surface area contributed by atoms with Gasteiger partial charge in [0.1, 0.15) is 5.83 Å². The molecule has 0 heterocycles. The molecule has 0 nitrogen and oxygen atoms in total. The largest absolute Gasteiger partial charge is 0.209 e. The van der Waals surface area contributed by atoms with Crippen LogP contribution in [0.1, 0.15) is 58.8 Å². The molecule has 0 N–H and O–H groups in total. The summed E-state index contributed by atoms with van der Waals surface area (Å²) in [4.78, 5) is 0. The van der Waals surface area contributed by atoms with Crippen molar-refractivity contribution in [3.8, 4) is 0 Å². The summed E-state index contributed by atoms with van der Waals surface area (Å²) in [6.07, 6.45) is 13.2. The maximum atomic E-state index is 13.6. The Labute approximate surface area is 143 Å². The third-order valence-corrected chi connectivity index (χ3v) is 5.36. The molecule has 24 heavy (non-hydrogen) atoms. The van der Waals surface area contributed by atoms with E-state index in [9.17, 15) is 13.2 Å². The van der Waals surface area contributed by atoms with Crippen LogP contribution in [0.4, 0.5) is 13.2 Å². The summed E-state index contributed by atoms with van der Waals surface area (Å²) in [5.41, 5.74) is 2.77. The molecule has 0 radical (unpaired) electrons. The summed E-state index contributed by atoms with van der Waals surface area (Å²) in [7, 11) is 0. The molecular weight excluding hydrogens is 309 g/mol. The van der Waals surface area contributed by atoms with Crippen LogP contribution in [0.3, 0.4) is 0 Å². The van der Waals surface area contributed by atoms with Gasteiger partial charge in [0.25, 0.3) is 0 Å². The first-order valence-corrected chi connectivity index (χ1v) is 8.90. The van der Waals surface area contributed by atoms with Crippen molar-refractivity contribution in [2.45, 2.75) is 58.8 Å². The highest BCUT2D eigenvalue weighted by Crippen LogP contribution is 2.38. The molecule has 0 amide bonds. The van der Waals surface area contributed by atoms with Gasteiger partial charge in [-0.3, -0.25) is 0 Å². The Hall–Kier alpha value is -1.51. The van der Waals surface area contributed by atoms with Crippen LogP contribution < -0.4 is 0 Å². The molecule has 2 rings (SSSR count). The average Bonchev–Trinajstić information content (AvgIpc) is 2.61. The molecule has 0 aromatic heterocycles. The Morgan fingerprint density at radius 3 is 2.29 bits per heavy atom. The van der Waals surface area contributed by atoms with Gasteiger partial charge in [0.2, 0.25) is 0 Å². The van der Waals surface area contributed by atoms with E-state index in [-0.39, 0.29) is 0 Å². The average molecular weight is 336 g/mol. The van der Waals surface area contributed by atoms with Crippen molar-refractivity contribution in [2.75, 3.05) is 0 Å². The van der Waals surface area contributed by atoms with E-state index in [1.54, 1.807) is 0 Å². The van der Waals surface area contributed by atoms with E-state index in [1.165, 1.54) is 37.7 Å². The van der Waals surface area contributed by atoms with Crippen molar-refractivity contribution in [1.29, 1.82) is 0 Å². The number of halogens is 3. The van der Waals surface area contributed by atoms with Gasteiger partial charge in [-0.15, -0.1) is 0 Å². The molecule has 2 aliphatic carbocycles. The summed E-state index contributed by atoms with van der Waals surface area (Å²) < 4.78 is 39.5. The quantitative estimate of drug-likeness (QED) is 0.458. The van der Waals surface area contributed by atoms with Crippen molar-refractivity contribution in [3.05, 3.63) is 59.0 Å². The maximum Gasteiger partial charge on any atom is 0.189 e. The fourth-order valence-corrected chi connectivity index (χ4v) is 3.68. The van der Waals surface area contributed by atoms with Gasteiger partial charge >= 0.3 is 0 Å². The minimum Gasteiger partial charge on any atom is -0.209 e. The Kier molecular flexibility index (Phi) is 6.70. The lowest BCUT2D eigenvalue weighted by Crippen LogP contribution is -2.16. The summed E-state index contributed by atoms with van der Waals surface area (Å²) in [5, 5.41) is 0. The molecule has 0 bridgehead atoms. The van der Waals surface area contributed by atoms with E-state index < -0.39 is 17.5 Å². The van der Waals surface area contributed by atoms with Crippen LogP contribution in [0, 0.1) is 11.8 Å². The predicted octanol–water partition coefficient (Wildman–Crippen LogP) is 7.43. The van der Waals surface area contributed by atoms with Crippen LogP contribution in [-0.4, -0.2) is 0 Å². The molecule has 0 atom stereocenters. The standard InChI is InChI=1S/C21H27F3/c1-4-16-5-7-18(8-6-16)19-11-9-17(10-12-19)14(2)13-20(23)21(24)15(3)22/h9,11,13,16,18H,2,4-8,10,12H2,1,3H3/b20-13+,21-15-. The number of rotatable bonds is 5. The molecule has 0 spiro atoms. The van der Waals surface area contributed by atoms with Gasteiger partial charge in [-0.2, -0.15) is 0 Å². The van der Waals surface area contributed by atoms with Gasteiger partial charge in [0, 0.05) is 0 Å². The Morgan fingerprint density at radius 2 is 1.79 bits per heavy atom. The van der Waals surface area contributed by atoms with Crippen LogP contribution in [0.25, 0.3) is 0 Å². The fourth-order valence-electron chi connectivity index (χ4n) is 3.68. The molecule has 0 unspecified atom stereocenters. The van der Waals surface area contributed by atoms with E-state index >= 15 is 0 Å². The SMILES string of the molecule is C=C(/C=C(F)\C(F)=C(/C)F)C1=CC=C(C2CCC(CC)CC2)CC1. The summed E-state index contributed by atoms with van der Waals surface area (Å²) in [6.45, 7) is 6.95. The first kappa shape index (κ1) is 18.8. The molecule has 3 heteroatoms. The Balaban J connectivity index is 2.01. The highest BCUT2D eigenvalue weighted by Gasteiger charge is 2.23. The van der Waals surface area contributed by atoms with Gasteiger partial charge in [0.15, 0.2) is 11.7 Å². The van der Waals surface area contributed by atoms with Crippen LogP contribution in [0.15, 0.2) is 59.0 Å². The van der Waals surface area contributed by atoms with Crippen LogP contribution in [0.5, 0.6) is 0 Å². The second-order valence-corrected chi connectivity index (χ2v) is 6.92. The summed E-state index contributed by atoms with van der Waals surface area (Å²) >= 11 is 0. The minimum atomic E-state index is -1.45. The van der Waals surface area contributed by atoms with Crippen LogP contribution in [0.2, 0.25) is 0 Å². The molecule has 1 fully saturated rings. The fraction of sp³-hybridized carbons (Fsp3) is 0.524. The number of hydrogen-bond donors (Lipinski definition) is 0. The van der Waals surface area contributed by atoms with Gasteiger partial charge in [-0.25, -0.2) is 13.2 Å². The summed E-state index contributed by atoms with van der Waals surface area (Å²) in [5.74, 6) is -2.25. The molecule has 0 aromatic carbocycles. The highest BCUT2D eigenvalue weighted by atomic mass is 19.2. The van der Waals surface area contributed by atoms with Crippen molar-refractivity contribution in [1.82, 2.24) is 0 Å². The van der Waals surface area contributed by atoms with Gasteiger partial charge in [-0.05, 0) is 74.5 Å². The van der Waals surface area contributed by atoms with E-state index in [2.05, 4.69) is 19.6 Å². The lowest BCUT2D eigenvalue weighted by atomic mass is 9.75. The Bertz CT molecular complexity index is 593. The van der Waals surface area contributed by atoms with Gasteiger partial charge < -0.3 is 0 Å². The van der Waals surface area contributed by atoms with Crippen LogP contribution in [-0.2, 0) is 0 Å². The van der Waals surface area contributed by atoms with Gasteiger partial charge in [0.05, 0.1) is 0 Å². The normalized spacial score (nSPS) is 26.5. The second-order valence-electron chi connectivity index (χ2n) is 6.92. The molecular formula is C21H27F3. The first-order chi connectivity index (χ1) is 11.4. The van der Waals surface area contributed by atoms with E-state index in [0.29, 0.717) is 11.5 Å². The predicted molar refractivity (Wildman–Crippen MR) is 94.4 cm³/mol. The molecule has 1 saturated carbocycles. The number of hydrogen-bond acceptors (Lipinski definition) is 0. The molecule has 0 aromatic rings. The molecule has 0 saturated heterocycles. The zero-order valence-electron chi connectivity index (χ0n) is 14.7. The second kappa shape index (κ2) is 8.55.